The molecule has 6 rings (SSSR count). The van der Waals surface area contributed by atoms with Crippen LogP contribution in [0.2, 0.25) is 0 Å². The van der Waals surface area contributed by atoms with Gasteiger partial charge >= 0.3 is 0 Å². The van der Waals surface area contributed by atoms with E-state index >= 15 is 4.39 Å². The van der Waals surface area contributed by atoms with Crippen molar-refractivity contribution in [3.8, 4) is 11.4 Å². The van der Waals surface area contributed by atoms with Gasteiger partial charge in [-0.05, 0) is 45.1 Å². The fraction of sp³-hybridized carbons (Fsp3) is 0.462. The molecule has 8 nitrogen and oxygen atoms in total. The van der Waals surface area contributed by atoms with E-state index in [0.29, 0.717) is 60.7 Å². The molecule has 0 radical (unpaired) electrons. The van der Waals surface area contributed by atoms with Gasteiger partial charge in [-0.15, -0.1) is 0 Å². The predicted octanol–water partition coefficient (Wildman–Crippen LogP) is 3.87. The van der Waals surface area contributed by atoms with E-state index < -0.39 is 0 Å². The van der Waals surface area contributed by atoms with Crippen LogP contribution in [0.1, 0.15) is 18.6 Å². The number of fused-ring (bicyclic) bond motifs is 2. The summed E-state index contributed by atoms with van der Waals surface area (Å²) in [5, 5.41) is 0.768. The van der Waals surface area contributed by atoms with Crippen molar-refractivity contribution in [1.82, 2.24) is 24.8 Å². The van der Waals surface area contributed by atoms with E-state index in [4.69, 9.17) is 19.1 Å². The van der Waals surface area contributed by atoms with Gasteiger partial charge in [0.25, 0.3) is 0 Å². The summed E-state index contributed by atoms with van der Waals surface area (Å²) in [5.41, 5.74) is 2.64. The van der Waals surface area contributed by atoms with E-state index in [1.54, 1.807) is 6.07 Å². The number of nitrogens with one attached hydrogen (secondary N) is 1. The third-order valence-corrected chi connectivity index (χ3v) is 7.29. The number of ether oxygens (including phenoxy) is 1. The summed E-state index contributed by atoms with van der Waals surface area (Å²) in [5.74, 6) is 1.61. The van der Waals surface area contributed by atoms with Crippen LogP contribution in [-0.4, -0.2) is 84.3 Å². The maximum absolute atomic E-state index is 15.1. The number of furan rings is 1. The molecule has 5 heterocycles. The van der Waals surface area contributed by atoms with Gasteiger partial charge in [0.15, 0.2) is 17.2 Å². The van der Waals surface area contributed by atoms with Crippen molar-refractivity contribution >= 4 is 27.8 Å². The molecule has 3 aromatic heterocycles. The highest BCUT2D eigenvalue weighted by atomic mass is 19.1. The molecule has 35 heavy (non-hydrogen) atoms. The van der Waals surface area contributed by atoms with Crippen LogP contribution in [0.15, 0.2) is 34.9 Å². The third-order valence-electron chi connectivity index (χ3n) is 7.29. The monoisotopic (exact) mass is 478 g/mol. The first-order valence-corrected chi connectivity index (χ1v) is 12.3. The van der Waals surface area contributed by atoms with Crippen LogP contribution in [0.3, 0.4) is 0 Å². The summed E-state index contributed by atoms with van der Waals surface area (Å²) >= 11 is 0. The summed E-state index contributed by atoms with van der Waals surface area (Å²) in [4.78, 5) is 19.7. The molecule has 1 aromatic carbocycles. The molecule has 0 spiro atoms. The van der Waals surface area contributed by atoms with Gasteiger partial charge in [0.1, 0.15) is 17.1 Å². The Morgan fingerprint density at radius 1 is 1.09 bits per heavy atom. The highest BCUT2D eigenvalue weighted by molar-refractivity contribution is 5.96. The van der Waals surface area contributed by atoms with Gasteiger partial charge in [0, 0.05) is 55.4 Å². The third kappa shape index (κ3) is 4.28. The van der Waals surface area contributed by atoms with Crippen molar-refractivity contribution < 1.29 is 13.5 Å². The molecule has 2 aliphatic rings. The lowest BCUT2D eigenvalue weighted by Gasteiger charge is -2.34. The number of hydrogen-bond acceptors (Lipinski definition) is 7. The Morgan fingerprint density at radius 3 is 2.66 bits per heavy atom. The van der Waals surface area contributed by atoms with E-state index in [1.807, 2.05) is 18.3 Å². The Hall–Kier alpha value is -3.01. The van der Waals surface area contributed by atoms with Gasteiger partial charge in [0.05, 0.1) is 25.3 Å². The highest BCUT2D eigenvalue weighted by Crippen LogP contribution is 2.35. The Labute approximate surface area is 203 Å². The number of aromatic nitrogens is 3. The summed E-state index contributed by atoms with van der Waals surface area (Å²) < 4.78 is 27.0. The Morgan fingerprint density at radius 2 is 1.89 bits per heavy atom. The molecule has 2 saturated heterocycles. The summed E-state index contributed by atoms with van der Waals surface area (Å²) in [7, 11) is 4.31. The zero-order valence-corrected chi connectivity index (χ0v) is 20.3. The Balaban J connectivity index is 1.39. The summed E-state index contributed by atoms with van der Waals surface area (Å²) in [6.45, 7) is 5.46. The van der Waals surface area contributed by atoms with Gasteiger partial charge in [-0.3, -0.25) is 4.90 Å². The molecule has 2 aliphatic heterocycles. The number of hydrogen-bond donors (Lipinski definition) is 1. The Bertz CT molecular complexity index is 1330. The normalized spacial score (nSPS) is 18.3. The van der Waals surface area contributed by atoms with E-state index in [2.05, 4.69) is 33.8 Å². The van der Waals surface area contributed by atoms with Crippen LogP contribution in [0, 0.1) is 5.82 Å². The molecule has 0 saturated carbocycles. The van der Waals surface area contributed by atoms with Crippen LogP contribution in [0.4, 0.5) is 10.2 Å². The predicted molar refractivity (Wildman–Crippen MR) is 134 cm³/mol. The Kier molecular flexibility index (Phi) is 5.91. The van der Waals surface area contributed by atoms with Crippen molar-refractivity contribution in [1.29, 1.82) is 0 Å². The molecule has 0 atom stereocenters. The number of morpholine rings is 1. The minimum atomic E-state index is -0.336. The standard InChI is InChI=1S/C26H31FN6O2/c1-31(2)17-6-9-32(10-7-17)16-18-15-22-24(35-18)26(33-11-13-34-14-12-33)30-25(29-22)23-19-5-8-28-21(19)4-3-20(23)27/h3-5,8,15,17,28H,6-7,9-14,16H2,1-2H3. The lowest BCUT2D eigenvalue weighted by Crippen LogP contribution is -2.41. The number of likely N-dealkylation sites (tertiary alicyclic amines) is 1. The first kappa shape index (κ1) is 22.5. The minimum Gasteiger partial charge on any atom is -0.454 e. The first-order chi connectivity index (χ1) is 17.1. The number of benzene rings is 1. The van der Waals surface area contributed by atoms with Gasteiger partial charge < -0.3 is 23.9 Å². The molecule has 1 N–H and O–H groups in total. The number of rotatable bonds is 5. The second-order valence-electron chi connectivity index (χ2n) is 9.73. The fourth-order valence-corrected chi connectivity index (χ4v) is 5.29. The molecule has 0 aliphatic carbocycles. The largest absolute Gasteiger partial charge is 0.454 e. The SMILES string of the molecule is CN(C)C1CCN(Cc2cc3nc(-c4c(F)ccc5[nH]ccc45)nc(N4CCOCC4)c3o2)CC1. The lowest BCUT2D eigenvalue weighted by molar-refractivity contribution is 0.122. The number of anilines is 1. The van der Waals surface area contributed by atoms with Crippen molar-refractivity contribution in [3.05, 3.63) is 42.0 Å². The zero-order valence-electron chi connectivity index (χ0n) is 20.3. The van der Waals surface area contributed by atoms with Crippen LogP contribution in [0.5, 0.6) is 0 Å². The fourth-order valence-electron chi connectivity index (χ4n) is 5.29. The molecular formula is C26H31FN6O2. The van der Waals surface area contributed by atoms with E-state index in [9.17, 15) is 0 Å². The van der Waals surface area contributed by atoms with E-state index in [0.717, 1.165) is 49.1 Å². The van der Waals surface area contributed by atoms with Crippen LogP contribution < -0.4 is 4.90 Å². The minimum absolute atomic E-state index is 0.336. The molecule has 0 bridgehead atoms. The topological polar surface area (TPSA) is 73.7 Å². The van der Waals surface area contributed by atoms with E-state index in [-0.39, 0.29) is 5.82 Å². The van der Waals surface area contributed by atoms with Gasteiger partial charge in [0.2, 0.25) is 0 Å². The van der Waals surface area contributed by atoms with Crippen LogP contribution >= 0.6 is 0 Å². The second kappa shape index (κ2) is 9.22. The molecule has 0 unspecified atom stereocenters. The van der Waals surface area contributed by atoms with E-state index in [1.165, 1.54) is 6.07 Å². The summed E-state index contributed by atoms with van der Waals surface area (Å²) in [6, 6.07) is 7.71. The average Bonchev–Trinajstić information content (AvgIpc) is 3.51. The molecule has 0 amide bonds. The number of nitrogens with zero attached hydrogens (tertiary/aromatic N) is 5. The second-order valence-corrected chi connectivity index (χ2v) is 9.73. The molecule has 2 fully saturated rings. The lowest BCUT2D eigenvalue weighted by atomic mass is 10.0. The maximum atomic E-state index is 15.1. The number of H-pyrrole nitrogens is 1. The molecule has 9 heteroatoms. The number of piperidine rings is 1. The smallest absolute Gasteiger partial charge is 0.195 e. The molecule has 4 aromatic rings. The van der Waals surface area contributed by atoms with Crippen LogP contribution in [0.25, 0.3) is 33.4 Å². The average molecular weight is 479 g/mol. The molecule has 184 valence electrons. The maximum Gasteiger partial charge on any atom is 0.195 e. The van der Waals surface area contributed by atoms with Crippen molar-refractivity contribution in [2.75, 3.05) is 58.4 Å². The zero-order chi connectivity index (χ0) is 23.9. The van der Waals surface area contributed by atoms with Crippen molar-refractivity contribution in [2.24, 2.45) is 0 Å². The molecular weight excluding hydrogens is 447 g/mol. The highest BCUT2D eigenvalue weighted by Gasteiger charge is 2.25. The van der Waals surface area contributed by atoms with Gasteiger partial charge in [-0.25, -0.2) is 14.4 Å². The van der Waals surface area contributed by atoms with Crippen molar-refractivity contribution in [2.45, 2.75) is 25.4 Å². The van der Waals surface area contributed by atoms with Gasteiger partial charge in [-0.2, -0.15) is 0 Å². The van der Waals surface area contributed by atoms with Crippen LogP contribution in [-0.2, 0) is 11.3 Å². The van der Waals surface area contributed by atoms with Crippen molar-refractivity contribution in [3.63, 3.8) is 0 Å². The first-order valence-electron chi connectivity index (χ1n) is 12.3. The summed E-state index contributed by atoms with van der Waals surface area (Å²) in [6.07, 6.45) is 4.11. The number of aromatic amines is 1. The number of halogens is 1. The van der Waals surface area contributed by atoms with Gasteiger partial charge in [-0.1, -0.05) is 0 Å². The quantitative estimate of drug-likeness (QED) is 0.467.